The lowest BCUT2D eigenvalue weighted by molar-refractivity contribution is -0.154. The highest BCUT2D eigenvalue weighted by Gasteiger charge is 2.33. The zero-order chi connectivity index (χ0) is 31.8. The quantitative estimate of drug-likeness (QED) is 0.137. The molecule has 4 aromatic rings. The molecule has 0 aliphatic heterocycles. The number of carbonyl (C=O) groups is 1. The van der Waals surface area contributed by atoms with Crippen molar-refractivity contribution in [2.45, 2.75) is 51.6 Å². The molecule has 9 nitrogen and oxygen atoms in total. The van der Waals surface area contributed by atoms with Crippen molar-refractivity contribution in [2.24, 2.45) is 0 Å². The number of esters is 1. The molecule has 0 aliphatic carbocycles. The minimum atomic E-state index is -4.48. The maximum atomic E-state index is 12.5. The summed E-state index contributed by atoms with van der Waals surface area (Å²) < 4.78 is 79.8. The van der Waals surface area contributed by atoms with Crippen molar-refractivity contribution in [2.75, 3.05) is 0 Å². The molecule has 224 valence electrons. The Balaban J connectivity index is 0.000000248. The summed E-state index contributed by atoms with van der Waals surface area (Å²) in [6, 6.07) is 7.33. The molecule has 0 fully saturated rings. The van der Waals surface area contributed by atoms with Gasteiger partial charge in [-0.1, -0.05) is 6.57 Å². The van der Waals surface area contributed by atoms with E-state index in [0.29, 0.717) is 34.6 Å². The van der Waals surface area contributed by atoms with E-state index in [9.17, 15) is 31.1 Å². The highest BCUT2D eigenvalue weighted by atomic mass is 19.4. The summed E-state index contributed by atoms with van der Waals surface area (Å²) in [6.07, 6.45) is -3.79. The fourth-order valence-corrected chi connectivity index (χ4v) is 3.31. The lowest BCUT2D eigenvalue weighted by Crippen LogP contribution is -2.24. The number of ether oxygens (including phenoxy) is 1. The summed E-state index contributed by atoms with van der Waals surface area (Å²) in [5.74, 6) is -0.219. The Hall–Kier alpha value is -5.00. The van der Waals surface area contributed by atoms with Crippen LogP contribution in [0.25, 0.3) is 27.4 Å². The minimum absolute atomic E-state index is 0.125. The van der Waals surface area contributed by atoms with E-state index in [1.165, 1.54) is 30.9 Å². The van der Waals surface area contributed by atoms with Crippen LogP contribution in [0, 0.1) is 6.57 Å². The molecule has 0 aromatic carbocycles. The average molecular weight is 604 g/mol. The lowest BCUT2D eigenvalue weighted by Gasteiger charge is -2.19. The highest BCUT2D eigenvalue weighted by Crippen LogP contribution is 2.30. The van der Waals surface area contributed by atoms with Gasteiger partial charge in [0.15, 0.2) is 0 Å². The molecule has 0 amide bonds. The number of nitrogens with zero attached hydrogens (tertiary/aromatic N) is 7. The summed E-state index contributed by atoms with van der Waals surface area (Å²) in [6.45, 7) is 12.1. The third kappa shape index (κ3) is 10.1. The molecule has 4 heterocycles. The molecule has 15 heteroatoms. The number of alkyl halides is 6. The number of aromatic nitrogens is 6. The van der Waals surface area contributed by atoms with Gasteiger partial charge >= 0.3 is 18.3 Å². The molecule has 0 atom stereocenters. The van der Waals surface area contributed by atoms with Crippen LogP contribution in [0.4, 0.5) is 32.2 Å². The van der Waals surface area contributed by atoms with Gasteiger partial charge in [0.2, 0.25) is 6.33 Å². The number of hydrogen-bond donors (Lipinski definition) is 0. The number of hydrogen-bond acceptors (Lipinski definition) is 8. The molecule has 0 N–H and O–H groups in total. The summed E-state index contributed by atoms with van der Waals surface area (Å²) in [4.78, 5) is 37.2. The maximum absolute atomic E-state index is 12.5. The Labute approximate surface area is 241 Å². The van der Waals surface area contributed by atoms with Gasteiger partial charge < -0.3 is 9.58 Å². The molecule has 0 radical (unpaired) electrons. The van der Waals surface area contributed by atoms with Crippen LogP contribution in [0.3, 0.4) is 0 Å². The molecule has 43 heavy (non-hydrogen) atoms. The number of halogens is 6. The summed E-state index contributed by atoms with van der Waals surface area (Å²) in [5, 5.41) is 0. The molecule has 0 saturated carbocycles. The van der Waals surface area contributed by atoms with Crippen molar-refractivity contribution in [1.29, 1.82) is 0 Å². The van der Waals surface area contributed by atoms with Crippen molar-refractivity contribution in [1.82, 2.24) is 29.9 Å². The Bertz CT molecular complexity index is 1580. The fourth-order valence-electron chi connectivity index (χ4n) is 3.31. The second-order valence-corrected chi connectivity index (χ2v) is 9.71. The third-order valence-corrected chi connectivity index (χ3v) is 5.20. The number of rotatable bonds is 5. The van der Waals surface area contributed by atoms with E-state index in [2.05, 4.69) is 34.7 Å². The lowest BCUT2D eigenvalue weighted by atomic mass is 10.1. The first kappa shape index (κ1) is 32.5. The van der Waals surface area contributed by atoms with Gasteiger partial charge in [-0.15, -0.1) is 4.98 Å². The molecular weight excluding hydrogens is 580 g/mol. The minimum Gasteiger partial charge on any atom is -0.460 e. The second kappa shape index (κ2) is 13.3. The molecule has 4 rings (SSSR count). The van der Waals surface area contributed by atoms with E-state index in [-0.39, 0.29) is 18.2 Å². The Morgan fingerprint density at radius 3 is 1.72 bits per heavy atom. The first-order valence-electron chi connectivity index (χ1n) is 12.3. The predicted octanol–water partition coefficient (Wildman–Crippen LogP) is 6.94. The maximum Gasteiger partial charge on any atom is 0.433 e. The number of aryl methyl sites for hydroxylation is 1. The largest absolute Gasteiger partial charge is 0.460 e. The first-order chi connectivity index (χ1) is 20.0. The van der Waals surface area contributed by atoms with E-state index in [0.717, 1.165) is 24.5 Å². The first-order valence-corrected chi connectivity index (χ1v) is 12.3. The Morgan fingerprint density at radius 1 is 0.767 bits per heavy atom. The standard InChI is InChI=1S/C17H18F3N3O2.C11H5F3N4/c1-16(2,3)25-15(24)7-5-12-8-13(23-10-22-12)11-4-6-14(21-9-11)17(18,19)20;1-15-10-4-8(17-6-18-10)7-2-3-9(16-5-7)11(12,13)14/h4,6,8-10H,5,7H2,1-3H3;2-6H. The van der Waals surface area contributed by atoms with Gasteiger partial charge in [0, 0.05) is 35.6 Å². The Morgan fingerprint density at radius 2 is 1.28 bits per heavy atom. The van der Waals surface area contributed by atoms with Crippen molar-refractivity contribution in [3.05, 3.63) is 89.9 Å². The van der Waals surface area contributed by atoms with Crippen molar-refractivity contribution in [3.8, 4) is 22.5 Å². The van der Waals surface area contributed by atoms with Crippen molar-refractivity contribution < 1.29 is 35.9 Å². The summed E-state index contributed by atoms with van der Waals surface area (Å²) in [5.41, 5.74) is -0.256. The van der Waals surface area contributed by atoms with Crippen LogP contribution in [-0.4, -0.2) is 41.5 Å². The van der Waals surface area contributed by atoms with Gasteiger partial charge in [-0.05, 0) is 57.2 Å². The highest BCUT2D eigenvalue weighted by molar-refractivity contribution is 5.70. The van der Waals surface area contributed by atoms with Crippen LogP contribution in [0.1, 0.15) is 44.3 Å². The van der Waals surface area contributed by atoms with Crippen LogP contribution < -0.4 is 0 Å². The number of pyridine rings is 2. The normalized spacial score (nSPS) is 11.6. The molecule has 0 spiro atoms. The van der Waals surface area contributed by atoms with Crippen LogP contribution in [0.2, 0.25) is 0 Å². The SMILES string of the molecule is CC(C)(C)OC(=O)CCc1cc(-c2ccc(C(F)(F)F)nc2)ncn1.[C-]#[N+]c1cc(-c2ccc(C(F)(F)F)nc2)ncn1. The van der Waals surface area contributed by atoms with Crippen molar-refractivity contribution in [3.63, 3.8) is 0 Å². The van der Waals surface area contributed by atoms with Gasteiger partial charge in [-0.2, -0.15) is 26.3 Å². The topological polar surface area (TPSA) is 108 Å². The van der Waals surface area contributed by atoms with Gasteiger partial charge in [-0.25, -0.2) is 15.0 Å². The summed E-state index contributed by atoms with van der Waals surface area (Å²) in [7, 11) is 0. The van der Waals surface area contributed by atoms with Gasteiger partial charge in [0.1, 0.15) is 23.3 Å². The van der Waals surface area contributed by atoms with Gasteiger partial charge in [-0.3, -0.25) is 14.8 Å². The average Bonchev–Trinajstić information content (AvgIpc) is 2.95. The summed E-state index contributed by atoms with van der Waals surface area (Å²) >= 11 is 0. The molecule has 0 bridgehead atoms. The van der Waals surface area contributed by atoms with E-state index in [1.54, 1.807) is 26.8 Å². The van der Waals surface area contributed by atoms with Gasteiger partial charge in [0.05, 0.1) is 17.8 Å². The predicted molar refractivity (Wildman–Crippen MR) is 141 cm³/mol. The monoisotopic (exact) mass is 603 g/mol. The second-order valence-electron chi connectivity index (χ2n) is 9.71. The van der Waals surface area contributed by atoms with Gasteiger partial charge in [0.25, 0.3) is 5.82 Å². The van der Waals surface area contributed by atoms with Crippen LogP contribution in [-0.2, 0) is 28.3 Å². The zero-order valence-electron chi connectivity index (χ0n) is 22.9. The molecule has 0 unspecified atom stereocenters. The zero-order valence-corrected chi connectivity index (χ0v) is 22.9. The molecule has 0 aliphatic rings. The van der Waals surface area contributed by atoms with E-state index in [1.807, 2.05) is 0 Å². The van der Waals surface area contributed by atoms with Crippen LogP contribution in [0.5, 0.6) is 0 Å². The number of carbonyl (C=O) groups excluding carboxylic acids is 1. The van der Waals surface area contributed by atoms with Crippen molar-refractivity contribution >= 4 is 11.8 Å². The molecule has 0 saturated heterocycles. The van der Waals surface area contributed by atoms with Crippen LogP contribution in [0.15, 0.2) is 61.4 Å². The molecule has 4 aromatic heterocycles. The fraction of sp³-hybridized carbons (Fsp3) is 0.286. The Kier molecular flexibility index (Phi) is 10.1. The van der Waals surface area contributed by atoms with E-state index >= 15 is 0 Å². The van der Waals surface area contributed by atoms with E-state index in [4.69, 9.17) is 11.3 Å². The molecular formula is C28H23F6N7O2. The smallest absolute Gasteiger partial charge is 0.433 e. The van der Waals surface area contributed by atoms with E-state index < -0.39 is 29.3 Å². The third-order valence-electron chi connectivity index (χ3n) is 5.20. The van der Waals surface area contributed by atoms with Crippen LogP contribution >= 0.6 is 0 Å².